The highest BCUT2D eigenvalue weighted by Crippen LogP contribution is 2.18. The monoisotopic (exact) mass is 259 g/mol. The number of ether oxygens (including phenoxy) is 1. The molecule has 0 aliphatic heterocycles. The molecular weight excluding hydrogens is 245 g/mol. The minimum atomic E-state index is -0.284. The molecule has 0 aliphatic rings. The predicted octanol–water partition coefficient (Wildman–Crippen LogP) is 3.36. The van der Waals surface area contributed by atoms with Gasteiger partial charge in [-0.2, -0.15) is 0 Å². The van der Waals surface area contributed by atoms with Crippen molar-refractivity contribution in [2.45, 2.75) is 13.5 Å². The molecule has 0 fully saturated rings. The molecule has 2 aromatic carbocycles. The van der Waals surface area contributed by atoms with Crippen LogP contribution in [0.15, 0.2) is 48.5 Å². The molecule has 3 nitrogen and oxygen atoms in total. The Kier molecular flexibility index (Phi) is 4.13. The lowest BCUT2D eigenvalue weighted by Gasteiger charge is -2.08. The van der Waals surface area contributed by atoms with E-state index in [4.69, 9.17) is 4.74 Å². The fourth-order valence-corrected chi connectivity index (χ4v) is 1.66. The van der Waals surface area contributed by atoms with E-state index in [0.717, 1.165) is 5.56 Å². The van der Waals surface area contributed by atoms with E-state index >= 15 is 0 Å². The first kappa shape index (κ1) is 13.1. The summed E-state index contributed by atoms with van der Waals surface area (Å²) < 4.78 is 18.5. The minimum Gasteiger partial charge on any atom is -0.489 e. The standard InChI is InChI=1S/C15H14FNO2/c1-11(18)17-14-6-3-7-15(9-14)19-10-12-4-2-5-13(16)8-12/h2-9H,10H2,1H3,(H,17,18). The van der Waals surface area contributed by atoms with Gasteiger partial charge in [0.15, 0.2) is 0 Å². The lowest BCUT2D eigenvalue weighted by atomic mass is 10.2. The van der Waals surface area contributed by atoms with E-state index in [9.17, 15) is 9.18 Å². The van der Waals surface area contributed by atoms with Crippen LogP contribution in [0.25, 0.3) is 0 Å². The van der Waals surface area contributed by atoms with Crippen LogP contribution in [0, 0.1) is 5.82 Å². The van der Waals surface area contributed by atoms with Crippen molar-refractivity contribution in [3.05, 3.63) is 59.9 Å². The van der Waals surface area contributed by atoms with Crippen molar-refractivity contribution >= 4 is 11.6 Å². The maximum absolute atomic E-state index is 13.0. The first-order chi connectivity index (χ1) is 9.13. The molecule has 98 valence electrons. The highest BCUT2D eigenvalue weighted by atomic mass is 19.1. The van der Waals surface area contributed by atoms with Crippen LogP contribution >= 0.6 is 0 Å². The molecule has 0 unspecified atom stereocenters. The number of benzene rings is 2. The number of hydrogen-bond donors (Lipinski definition) is 1. The van der Waals surface area contributed by atoms with Gasteiger partial charge in [0.25, 0.3) is 0 Å². The summed E-state index contributed by atoms with van der Waals surface area (Å²) in [5.41, 5.74) is 1.43. The van der Waals surface area contributed by atoms with Crippen molar-refractivity contribution in [3.8, 4) is 5.75 Å². The first-order valence-corrected chi connectivity index (χ1v) is 5.88. The lowest BCUT2D eigenvalue weighted by Crippen LogP contribution is -2.05. The Bertz CT molecular complexity index is 584. The van der Waals surface area contributed by atoms with Gasteiger partial charge in [0, 0.05) is 18.7 Å². The Hall–Kier alpha value is -2.36. The first-order valence-electron chi connectivity index (χ1n) is 5.88. The smallest absolute Gasteiger partial charge is 0.221 e. The average molecular weight is 259 g/mol. The molecule has 0 saturated heterocycles. The van der Waals surface area contributed by atoms with Crippen molar-refractivity contribution in [3.63, 3.8) is 0 Å². The Morgan fingerprint density at radius 3 is 2.74 bits per heavy atom. The largest absolute Gasteiger partial charge is 0.489 e. The van der Waals surface area contributed by atoms with Crippen LogP contribution in [0.1, 0.15) is 12.5 Å². The van der Waals surface area contributed by atoms with Gasteiger partial charge in [-0.3, -0.25) is 4.79 Å². The fraction of sp³-hybridized carbons (Fsp3) is 0.133. The van der Waals surface area contributed by atoms with Gasteiger partial charge in [-0.15, -0.1) is 0 Å². The Morgan fingerprint density at radius 1 is 1.21 bits per heavy atom. The lowest BCUT2D eigenvalue weighted by molar-refractivity contribution is -0.114. The van der Waals surface area contributed by atoms with E-state index in [1.807, 2.05) is 0 Å². The van der Waals surface area contributed by atoms with Gasteiger partial charge in [-0.25, -0.2) is 4.39 Å². The molecule has 0 radical (unpaired) electrons. The summed E-state index contributed by atoms with van der Waals surface area (Å²) in [7, 11) is 0. The van der Waals surface area contributed by atoms with Gasteiger partial charge in [-0.05, 0) is 29.8 Å². The zero-order valence-electron chi connectivity index (χ0n) is 10.5. The zero-order chi connectivity index (χ0) is 13.7. The molecule has 0 bridgehead atoms. The van der Waals surface area contributed by atoms with E-state index in [-0.39, 0.29) is 18.3 Å². The number of amides is 1. The highest BCUT2D eigenvalue weighted by molar-refractivity contribution is 5.88. The molecule has 0 spiro atoms. The van der Waals surface area contributed by atoms with Crippen molar-refractivity contribution < 1.29 is 13.9 Å². The van der Waals surface area contributed by atoms with Crippen LogP contribution in [0.3, 0.4) is 0 Å². The Balaban J connectivity index is 2.01. The third-order valence-electron chi connectivity index (χ3n) is 2.45. The molecule has 0 saturated carbocycles. The summed E-state index contributed by atoms with van der Waals surface area (Å²) in [6.07, 6.45) is 0. The van der Waals surface area contributed by atoms with Crippen molar-refractivity contribution in [1.82, 2.24) is 0 Å². The van der Waals surface area contributed by atoms with Gasteiger partial charge in [-0.1, -0.05) is 18.2 Å². The molecular formula is C15H14FNO2. The molecule has 0 aliphatic carbocycles. The van der Waals surface area contributed by atoms with Gasteiger partial charge in [0.2, 0.25) is 5.91 Å². The van der Waals surface area contributed by atoms with Crippen LogP contribution in [-0.2, 0) is 11.4 Å². The van der Waals surface area contributed by atoms with Crippen LogP contribution in [0.2, 0.25) is 0 Å². The Labute approximate surface area is 111 Å². The minimum absolute atomic E-state index is 0.137. The third kappa shape index (κ3) is 4.10. The molecule has 2 aromatic rings. The number of anilines is 1. The number of carbonyl (C=O) groups excluding carboxylic acids is 1. The molecule has 0 atom stereocenters. The van der Waals surface area contributed by atoms with Crippen molar-refractivity contribution in [2.75, 3.05) is 5.32 Å². The molecule has 1 N–H and O–H groups in total. The number of halogens is 1. The average Bonchev–Trinajstić information content (AvgIpc) is 2.36. The van der Waals surface area contributed by atoms with E-state index in [1.165, 1.54) is 19.1 Å². The highest BCUT2D eigenvalue weighted by Gasteiger charge is 2.00. The van der Waals surface area contributed by atoms with E-state index in [1.54, 1.807) is 36.4 Å². The van der Waals surface area contributed by atoms with Gasteiger partial charge in [0.1, 0.15) is 18.2 Å². The molecule has 2 rings (SSSR count). The normalized spacial score (nSPS) is 10.0. The molecule has 0 heterocycles. The van der Waals surface area contributed by atoms with Crippen LogP contribution in [0.5, 0.6) is 5.75 Å². The second-order valence-electron chi connectivity index (χ2n) is 4.13. The molecule has 1 amide bonds. The van der Waals surface area contributed by atoms with Gasteiger partial charge >= 0.3 is 0 Å². The summed E-state index contributed by atoms with van der Waals surface area (Å²) in [6.45, 7) is 1.72. The van der Waals surface area contributed by atoms with Crippen molar-refractivity contribution in [1.29, 1.82) is 0 Å². The second kappa shape index (κ2) is 6.00. The van der Waals surface area contributed by atoms with Crippen LogP contribution < -0.4 is 10.1 Å². The van der Waals surface area contributed by atoms with Gasteiger partial charge in [0.05, 0.1) is 0 Å². The van der Waals surface area contributed by atoms with E-state index in [0.29, 0.717) is 11.4 Å². The van der Waals surface area contributed by atoms with Gasteiger partial charge < -0.3 is 10.1 Å². The van der Waals surface area contributed by atoms with Crippen molar-refractivity contribution in [2.24, 2.45) is 0 Å². The Morgan fingerprint density at radius 2 is 2.00 bits per heavy atom. The van der Waals surface area contributed by atoms with E-state index < -0.39 is 0 Å². The maximum atomic E-state index is 13.0. The summed E-state index contributed by atoms with van der Waals surface area (Å²) in [6, 6.07) is 13.3. The quantitative estimate of drug-likeness (QED) is 0.914. The molecule has 4 heteroatoms. The zero-order valence-corrected chi connectivity index (χ0v) is 10.5. The summed E-state index contributed by atoms with van der Waals surface area (Å²) in [5.74, 6) is 0.200. The third-order valence-corrected chi connectivity index (χ3v) is 2.45. The summed E-state index contributed by atoms with van der Waals surface area (Å²) in [5, 5.41) is 2.67. The number of carbonyl (C=O) groups is 1. The summed E-state index contributed by atoms with van der Waals surface area (Å²) >= 11 is 0. The maximum Gasteiger partial charge on any atom is 0.221 e. The number of rotatable bonds is 4. The summed E-state index contributed by atoms with van der Waals surface area (Å²) in [4.78, 5) is 10.9. The topological polar surface area (TPSA) is 38.3 Å². The second-order valence-corrected chi connectivity index (χ2v) is 4.13. The SMILES string of the molecule is CC(=O)Nc1cccc(OCc2cccc(F)c2)c1. The number of hydrogen-bond acceptors (Lipinski definition) is 2. The van der Waals surface area contributed by atoms with Crippen LogP contribution in [0.4, 0.5) is 10.1 Å². The predicted molar refractivity (Wildman–Crippen MR) is 71.5 cm³/mol. The van der Waals surface area contributed by atoms with Crippen LogP contribution in [-0.4, -0.2) is 5.91 Å². The molecule has 0 aromatic heterocycles. The van der Waals surface area contributed by atoms with E-state index in [2.05, 4.69) is 5.32 Å². The molecule has 19 heavy (non-hydrogen) atoms. The number of nitrogens with one attached hydrogen (secondary N) is 1. The fourth-order valence-electron chi connectivity index (χ4n) is 1.66.